The van der Waals surface area contributed by atoms with Gasteiger partial charge in [-0.25, -0.2) is 4.98 Å². The predicted octanol–water partition coefficient (Wildman–Crippen LogP) is 2.42. The molecule has 1 aromatic carbocycles. The van der Waals surface area contributed by atoms with Crippen molar-refractivity contribution in [3.63, 3.8) is 0 Å². The Morgan fingerprint density at radius 3 is 2.47 bits per heavy atom. The number of aromatic nitrogens is 2. The van der Waals surface area contributed by atoms with Gasteiger partial charge in [0.15, 0.2) is 0 Å². The van der Waals surface area contributed by atoms with Crippen LogP contribution < -0.4 is 4.90 Å². The van der Waals surface area contributed by atoms with Gasteiger partial charge in [-0.3, -0.25) is 0 Å². The Labute approximate surface area is 90.3 Å². The summed E-state index contributed by atoms with van der Waals surface area (Å²) >= 11 is 0. The number of nitrogens with zero attached hydrogens (tertiary/aromatic N) is 3. The van der Waals surface area contributed by atoms with Crippen LogP contribution in [0.4, 0.5) is 5.95 Å². The first-order valence-corrected chi connectivity index (χ1v) is 5.44. The smallest absolute Gasteiger partial charge is 0.206 e. The van der Waals surface area contributed by atoms with Crippen LogP contribution in [0, 0.1) is 0 Å². The molecule has 1 heterocycles. The minimum absolute atomic E-state index is 0.994. The average molecular weight is 203 g/mol. The van der Waals surface area contributed by atoms with Crippen LogP contribution in [-0.4, -0.2) is 22.6 Å². The minimum Gasteiger partial charge on any atom is -0.343 e. The van der Waals surface area contributed by atoms with E-state index in [0.29, 0.717) is 0 Å². The zero-order valence-corrected chi connectivity index (χ0v) is 9.57. The largest absolute Gasteiger partial charge is 0.343 e. The average Bonchev–Trinajstić information content (AvgIpc) is 2.60. The molecule has 2 rings (SSSR count). The molecule has 0 fully saturated rings. The van der Waals surface area contributed by atoms with E-state index in [1.165, 1.54) is 5.52 Å². The third-order valence-corrected chi connectivity index (χ3v) is 2.81. The van der Waals surface area contributed by atoms with E-state index in [9.17, 15) is 0 Å². The molecule has 0 radical (unpaired) electrons. The molecule has 0 aliphatic rings. The first-order chi connectivity index (χ1) is 7.27. The van der Waals surface area contributed by atoms with E-state index in [1.807, 2.05) is 6.07 Å². The summed E-state index contributed by atoms with van der Waals surface area (Å²) in [6.07, 6.45) is 0. The molecule has 15 heavy (non-hydrogen) atoms. The summed E-state index contributed by atoms with van der Waals surface area (Å²) in [4.78, 5) is 6.91. The van der Waals surface area contributed by atoms with E-state index >= 15 is 0 Å². The van der Waals surface area contributed by atoms with Crippen LogP contribution >= 0.6 is 0 Å². The maximum absolute atomic E-state index is 4.64. The lowest BCUT2D eigenvalue weighted by atomic mass is 10.3. The fourth-order valence-corrected chi connectivity index (χ4v) is 1.92. The summed E-state index contributed by atoms with van der Waals surface area (Å²) in [5.74, 6) is 1.06. The summed E-state index contributed by atoms with van der Waals surface area (Å²) in [6, 6.07) is 8.25. The Morgan fingerprint density at radius 1 is 1.20 bits per heavy atom. The Kier molecular flexibility index (Phi) is 2.62. The minimum atomic E-state index is 0.994. The van der Waals surface area contributed by atoms with Gasteiger partial charge in [0, 0.05) is 20.1 Å². The quantitative estimate of drug-likeness (QED) is 0.764. The van der Waals surface area contributed by atoms with Crippen molar-refractivity contribution in [2.75, 3.05) is 18.0 Å². The Hall–Kier alpha value is -1.51. The summed E-state index contributed by atoms with van der Waals surface area (Å²) in [5.41, 5.74) is 2.27. The van der Waals surface area contributed by atoms with Gasteiger partial charge < -0.3 is 9.47 Å². The molecule has 0 saturated carbocycles. The van der Waals surface area contributed by atoms with E-state index in [1.54, 1.807) is 0 Å². The highest BCUT2D eigenvalue weighted by molar-refractivity contribution is 5.78. The number of benzene rings is 1. The highest BCUT2D eigenvalue weighted by Crippen LogP contribution is 2.20. The lowest BCUT2D eigenvalue weighted by molar-refractivity contribution is 0.785. The van der Waals surface area contributed by atoms with Crippen molar-refractivity contribution in [2.24, 2.45) is 7.05 Å². The van der Waals surface area contributed by atoms with Gasteiger partial charge in [-0.2, -0.15) is 0 Å². The third kappa shape index (κ3) is 1.58. The molecule has 1 aromatic heterocycles. The number of hydrogen-bond donors (Lipinski definition) is 0. The van der Waals surface area contributed by atoms with E-state index in [0.717, 1.165) is 24.6 Å². The number of anilines is 1. The third-order valence-electron chi connectivity index (χ3n) is 2.81. The molecule has 0 aliphatic carbocycles. The van der Waals surface area contributed by atoms with Crippen molar-refractivity contribution >= 4 is 17.0 Å². The highest BCUT2D eigenvalue weighted by Gasteiger charge is 2.11. The van der Waals surface area contributed by atoms with Crippen molar-refractivity contribution in [1.82, 2.24) is 9.55 Å². The molecule has 0 amide bonds. The van der Waals surface area contributed by atoms with E-state index < -0.39 is 0 Å². The Bertz CT molecular complexity index is 455. The van der Waals surface area contributed by atoms with Crippen molar-refractivity contribution in [3.8, 4) is 0 Å². The van der Waals surface area contributed by atoms with Gasteiger partial charge >= 0.3 is 0 Å². The van der Waals surface area contributed by atoms with Crippen LogP contribution in [0.2, 0.25) is 0 Å². The monoisotopic (exact) mass is 203 g/mol. The lowest BCUT2D eigenvalue weighted by Gasteiger charge is -2.19. The van der Waals surface area contributed by atoms with Crippen molar-refractivity contribution in [3.05, 3.63) is 24.3 Å². The molecule has 80 valence electrons. The Balaban J connectivity index is 2.57. The molecule has 0 saturated heterocycles. The molecular weight excluding hydrogens is 186 g/mol. The van der Waals surface area contributed by atoms with Crippen molar-refractivity contribution < 1.29 is 0 Å². The standard InChI is InChI=1S/C12H17N3/c1-4-15(5-2)12-13-10-8-6-7-9-11(10)14(12)3/h6-9H,4-5H2,1-3H3. The molecule has 0 unspecified atom stereocenters. The second-order valence-electron chi connectivity index (χ2n) is 3.63. The first kappa shape index (κ1) is 10.0. The van der Waals surface area contributed by atoms with Crippen molar-refractivity contribution in [2.45, 2.75) is 13.8 Å². The second kappa shape index (κ2) is 3.93. The van der Waals surface area contributed by atoms with Gasteiger partial charge in [0.25, 0.3) is 0 Å². The summed E-state index contributed by atoms with van der Waals surface area (Å²) in [7, 11) is 2.07. The van der Waals surface area contributed by atoms with E-state index in [2.05, 4.69) is 53.5 Å². The number of aryl methyl sites for hydroxylation is 1. The summed E-state index contributed by atoms with van der Waals surface area (Å²) < 4.78 is 2.16. The van der Waals surface area contributed by atoms with Crippen LogP contribution in [0.15, 0.2) is 24.3 Å². The van der Waals surface area contributed by atoms with Gasteiger partial charge in [0.1, 0.15) is 0 Å². The topological polar surface area (TPSA) is 21.1 Å². The van der Waals surface area contributed by atoms with Crippen LogP contribution in [0.5, 0.6) is 0 Å². The fraction of sp³-hybridized carbons (Fsp3) is 0.417. The predicted molar refractivity (Wildman–Crippen MR) is 64.3 cm³/mol. The zero-order chi connectivity index (χ0) is 10.8. The number of rotatable bonds is 3. The molecular formula is C12H17N3. The van der Waals surface area contributed by atoms with E-state index in [-0.39, 0.29) is 0 Å². The van der Waals surface area contributed by atoms with Gasteiger partial charge in [-0.15, -0.1) is 0 Å². The number of para-hydroxylation sites is 2. The maximum atomic E-state index is 4.64. The fourth-order valence-electron chi connectivity index (χ4n) is 1.92. The number of imidazole rings is 1. The van der Waals surface area contributed by atoms with E-state index in [4.69, 9.17) is 0 Å². The highest BCUT2D eigenvalue weighted by atomic mass is 15.3. The van der Waals surface area contributed by atoms with Crippen LogP contribution in [0.25, 0.3) is 11.0 Å². The number of fused-ring (bicyclic) bond motifs is 1. The molecule has 3 heteroatoms. The number of hydrogen-bond acceptors (Lipinski definition) is 2. The van der Waals surface area contributed by atoms with Gasteiger partial charge in [0.2, 0.25) is 5.95 Å². The van der Waals surface area contributed by atoms with Gasteiger partial charge in [0.05, 0.1) is 11.0 Å². The lowest BCUT2D eigenvalue weighted by Crippen LogP contribution is -2.24. The van der Waals surface area contributed by atoms with Crippen LogP contribution in [-0.2, 0) is 7.05 Å². The molecule has 0 atom stereocenters. The van der Waals surface area contributed by atoms with Crippen molar-refractivity contribution in [1.29, 1.82) is 0 Å². The Morgan fingerprint density at radius 2 is 1.87 bits per heavy atom. The molecule has 0 aliphatic heterocycles. The molecule has 0 bridgehead atoms. The van der Waals surface area contributed by atoms with Crippen LogP contribution in [0.3, 0.4) is 0 Å². The SMILES string of the molecule is CCN(CC)c1nc2ccccc2n1C. The van der Waals surface area contributed by atoms with Gasteiger partial charge in [-0.05, 0) is 26.0 Å². The summed E-state index contributed by atoms with van der Waals surface area (Å²) in [6.45, 7) is 6.30. The zero-order valence-electron chi connectivity index (χ0n) is 9.57. The summed E-state index contributed by atoms with van der Waals surface area (Å²) in [5, 5.41) is 0. The molecule has 3 nitrogen and oxygen atoms in total. The second-order valence-corrected chi connectivity index (χ2v) is 3.63. The molecule has 0 spiro atoms. The molecule has 2 aromatic rings. The normalized spacial score (nSPS) is 10.9. The van der Waals surface area contributed by atoms with Gasteiger partial charge in [-0.1, -0.05) is 12.1 Å². The first-order valence-electron chi connectivity index (χ1n) is 5.44. The van der Waals surface area contributed by atoms with Crippen LogP contribution in [0.1, 0.15) is 13.8 Å². The maximum Gasteiger partial charge on any atom is 0.206 e. The molecule has 0 N–H and O–H groups in total.